The molecule has 2 fully saturated rings. The number of carbonyl (C=O) groups is 1. The summed E-state index contributed by atoms with van der Waals surface area (Å²) in [5.41, 5.74) is -0.417. The lowest BCUT2D eigenvalue weighted by Crippen LogP contribution is -2.56. The Morgan fingerprint density at radius 3 is 2.32 bits per heavy atom. The summed E-state index contributed by atoms with van der Waals surface area (Å²) in [4.78, 5) is 16.2. The molecule has 2 rings (SSSR count). The zero-order chi connectivity index (χ0) is 14.0. The van der Waals surface area contributed by atoms with Crippen molar-refractivity contribution in [2.45, 2.75) is 45.3 Å². The average Bonchev–Trinajstić information content (AvgIpc) is 2.26. The maximum atomic E-state index is 11.9. The largest absolute Gasteiger partial charge is 0.444 e. The van der Waals surface area contributed by atoms with Gasteiger partial charge in [-0.05, 0) is 33.6 Å². The Bertz CT molecular complexity index is 313. The van der Waals surface area contributed by atoms with Gasteiger partial charge in [0.15, 0.2) is 0 Å². The molecule has 1 amide bonds. The van der Waals surface area contributed by atoms with Gasteiger partial charge < -0.3 is 14.7 Å². The van der Waals surface area contributed by atoms with Crippen LogP contribution in [0, 0.1) is 5.92 Å². The predicted octanol–water partition coefficient (Wildman–Crippen LogP) is 1.31. The summed E-state index contributed by atoms with van der Waals surface area (Å²) in [7, 11) is 0. The third-order valence-corrected chi connectivity index (χ3v) is 3.88. The van der Waals surface area contributed by atoms with Gasteiger partial charge in [-0.1, -0.05) is 0 Å². The molecule has 2 aliphatic rings. The molecule has 0 aromatic rings. The molecule has 2 aliphatic heterocycles. The van der Waals surface area contributed by atoms with Crippen LogP contribution in [0.3, 0.4) is 0 Å². The van der Waals surface area contributed by atoms with Crippen LogP contribution < -0.4 is 0 Å². The molecule has 2 saturated heterocycles. The van der Waals surface area contributed by atoms with E-state index in [2.05, 4.69) is 4.90 Å². The molecular weight excluding hydrogens is 244 g/mol. The van der Waals surface area contributed by atoms with Crippen molar-refractivity contribution in [2.75, 3.05) is 32.8 Å². The highest BCUT2D eigenvalue weighted by Crippen LogP contribution is 2.25. The van der Waals surface area contributed by atoms with Gasteiger partial charge in [0, 0.05) is 44.7 Å². The fourth-order valence-corrected chi connectivity index (χ4v) is 2.76. The lowest BCUT2D eigenvalue weighted by atomic mass is 9.94. The van der Waals surface area contributed by atoms with E-state index in [0.29, 0.717) is 18.6 Å². The average molecular weight is 270 g/mol. The summed E-state index contributed by atoms with van der Waals surface area (Å²) in [6.45, 7) is 9.56. The number of amides is 1. The summed E-state index contributed by atoms with van der Waals surface area (Å²) in [6, 6.07) is 0.571. The van der Waals surface area contributed by atoms with Gasteiger partial charge in [-0.2, -0.15) is 0 Å². The summed E-state index contributed by atoms with van der Waals surface area (Å²) in [5.74, 6) is 0.462. The van der Waals surface area contributed by atoms with E-state index in [1.807, 2.05) is 25.7 Å². The number of carbonyl (C=O) groups excluding carboxylic acids is 1. The Hall–Kier alpha value is -0.810. The minimum absolute atomic E-state index is 0.192. The minimum Gasteiger partial charge on any atom is -0.444 e. The fraction of sp³-hybridized carbons (Fsp3) is 0.929. The van der Waals surface area contributed by atoms with E-state index in [0.717, 1.165) is 39.0 Å². The van der Waals surface area contributed by atoms with Gasteiger partial charge in [0.2, 0.25) is 0 Å². The van der Waals surface area contributed by atoms with Crippen molar-refractivity contribution in [3.05, 3.63) is 0 Å². The number of rotatable bonds is 2. The Morgan fingerprint density at radius 1 is 1.26 bits per heavy atom. The number of likely N-dealkylation sites (tertiary alicyclic amines) is 2. The maximum absolute atomic E-state index is 11.9. The monoisotopic (exact) mass is 270 g/mol. The highest BCUT2D eigenvalue weighted by Gasteiger charge is 2.35. The molecule has 1 N–H and O–H groups in total. The van der Waals surface area contributed by atoms with E-state index in [-0.39, 0.29) is 6.09 Å². The Kier molecular flexibility index (Phi) is 4.36. The van der Waals surface area contributed by atoms with Crippen LogP contribution >= 0.6 is 0 Å². The number of piperidine rings is 1. The third-order valence-electron chi connectivity index (χ3n) is 3.88. The first-order chi connectivity index (χ1) is 8.89. The van der Waals surface area contributed by atoms with Crippen molar-refractivity contribution in [1.29, 1.82) is 0 Å². The molecule has 5 nitrogen and oxygen atoms in total. The molecule has 0 aromatic heterocycles. The Morgan fingerprint density at radius 2 is 1.84 bits per heavy atom. The topological polar surface area (TPSA) is 53.0 Å². The Labute approximate surface area is 115 Å². The number of ether oxygens (including phenoxy) is 1. The number of aliphatic hydroxyl groups is 1. The first-order valence-corrected chi connectivity index (χ1v) is 7.22. The molecular formula is C14H26N2O3. The highest BCUT2D eigenvalue weighted by atomic mass is 16.6. The lowest BCUT2D eigenvalue weighted by Gasteiger charge is -2.46. The van der Waals surface area contributed by atoms with Crippen LogP contribution in [0.1, 0.15) is 33.6 Å². The fourth-order valence-electron chi connectivity index (χ4n) is 2.76. The van der Waals surface area contributed by atoms with Gasteiger partial charge in [0.1, 0.15) is 5.60 Å². The first kappa shape index (κ1) is 14.6. The molecule has 2 heterocycles. The second kappa shape index (κ2) is 5.67. The summed E-state index contributed by atoms with van der Waals surface area (Å²) >= 11 is 0. The third kappa shape index (κ3) is 3.83. The van der Waals surface area contributed by atoms with Gasteiger partial charge in [-0.3, -0.25) is 4.90 Å². The highest BCUT2D eigenvalue weighted by molar-refractivity contribution is 5.68. The molecule has 0 aliphatic carbocycles. The smallest absolute Gasteiger partial charge is 0.410 e. The van der Waals surface area contributed by atoms with Crippen molar-refractivity contribution in [3.8, 4) is 0 Å². The molecule has 0 atom stereocenters. The summed E-state index contributed by atoms with van der Waals surface area (Å²) in [5, 5.41) is 9.03. The first-order valence-electron chi connectivity index (χ1n) is 7.22. The van der Waals surface area contributed by atoms with Crippen LogP contribution in [-0.2, 0) is 4.74 Å². The van der Waals surface area contributed by atoms with Gasteiger partial charge in [-0.15, -0.1) is 0 Å². The molecule has 0 unspecified atom stereocenters. The maximum Gasteiger partial charge on any atom is 0.410 e. The summed E-state index contributed by atoms with van der Waals surface area (Å²) in [6.07, 6.45) is 1.83. The molecule has 5 heteroatoms. The van der Waals surface area contributed by atoms with E-state index < -0.39 is 5.60 Å². The summed E-state index contributed by atoms with van der Waals surface area (Å²) < 4.78 is 5.39. The number of nitrogens with zero attached hydrogens (tertiary/aromatic N) is 2. The minimum atomic E-state index is -0.417. The Balaban J connectivity index is 1.72. The molecule has 0 spiro atoms. The van der Waals surface area contributed by atoms with E-state index in [9.17, 15) is 4.79 Å². The second-order valence-corrected chi connectivity index (χ2v) is 6.70. The van der Waals surface area contributed by atoms with E-state index in [1.54, 1.807) is 0 Å². The van der Waals surface area contributed by atoms with Crippen molar-refractivity contribution < 1.29 is 14.6 Å². The van der Waals surface area contributed by atoms with Crippen molar-refractivity contribution in [1.82, 2.24) is 9.80 Å². The van der Waals surface area contributed by atoms with Gasteiger partial charge >= 0.3 is 6.09 Å². The predicted molar refractivity (Wildman–Crippen MR) is 73.0 cm³/mol. The van der Waals surface area contributed by atoms with E-state index in [1.165, 1.54) is 0 Å². The number of aliphatic hydroxyl groups excluding tert-OH is 1. The molecule has 0 radical (unpaired) electrons. The van der Waals surface area contributed by atoms with E-state index >= 15 is 0 Å². The molecule has 0 aromatic carbocycles. The van der Waals surface area contributed by atoms with Crippen LogP contribution in [0.4, 0.5) is 4.79 Å². The molecule has 0 bridgehead atoms. The SMILES string of the molecule is CC(C)(C)OC(=O)N1CCC(N2CC(CO)C2)CC1. The van der Waals surface area contributed by atoms with Crippen LogP contribution in [0.25, 0.3) is 0 Å². The lowest BCUT2D eigenvalue weighted by molar-refractivity contribution is -0.0138. The van der Waals surface area contributed by atoms with Gasteiger partial charge in [0.25, 0.3) is 0 Å². The normalized spacial score (nSPS) is 23.3. The van der Waals surface area contributed by atoms with Crippen molar-refractivity contribution in [2.24, 2.45) is 5.92 Å². The zero-order valence-corrected chi connectivity index (χ0v) is 12.3. The quantitative estimate of drug-likeness (QED) is 0.822. The van der Waals surface area contributed by atoms with E-state index in [4.69, 9.17) is 9.84 Å². The zero-order valence-electron chi connectivity index (χ0n) is 12.3. The van der Waals surface area contributed by atoms with Crippen LogP contribution in [-0.4, -0.2) is 65.4 Å². The van der Waals surface area contributed by atoms with Crippen molar-refractivity contribution >= 4 is 6.09 Å². The molecule has 19 heavy (non-hydrogen) atoms. The van der Waals surface area contributed by atoms with Crippen LogP contribution in [0.5, 0.6) is 0 Å². The molecule has 0 saturated carbocycles. The van der Waals surface area contributed by atoms with Crippen LogP contribution in [0.15, 0.2) is 0 Å². The van der Waals surface area contributed by atoms with Gasteiger partial charge in [-0.25, -0.2) is 4.79 Å². The standard InChI is InChI=1S/C14H26N2O3/c1-14(2,3)19-13(18)15-6-4-12(5-7-15)16-8-11(9-16)10-17/h11-12,17H,4-10H2,1-3H3. The van der Waals surface area contributed by atoms with Crippen molar-refractivity contribution in [3.63, 3.8) is 0 Å². The number of hydrogen-bond acceptors (Lipinski definition) is 4. The number of hydrogen-bond donors (Lipinski definition) is 1. The second-order valence-electron chi connectivity index (χ2n) is 6.70. The molecule has 110 valence electrons. The van der Waals surface area contributed by atoms with Gasteiger partial charge in [0.05, 0.1) is 0 Å². The van der Waals surface area contributed by atoms with Crippen LogP contribution in [0.2, 0.25) is 0 Å².